The Balaban J connectivity index is 1.16. The number of carbonyl (C=O) groups excluding carboxylic acids is 1. The summed E-state index contributed by atoms with van der Waals surface area (Å²) < 4.78 is 15.4. The molecule has 0 N–H and O–H groups in total. The van der Waals surface area contributed by atoms with E-state index in [1.54, 1.807) is 28.4 Å². The quantitative estimate of drug-likeness (QED) is 0.272. The van der Waals surface area contributed by atoms with Crippen LogP contribution >= 0.6 is 22.7 Å². The molecule has 7 rings (SSSR count). The van der Waals surface area contributed by atoms with Gasteiger partial charge in [-0.2, -0.15) is 20.1 Å². The number of allylic oxidation sites excluding steroid dienone is 1. The molecule has 2 fully saturated rings. The Morgan fingerprint density at radius 3 is 2.64 bits per heavy atom. The number of likely N-dealkylation sites (N-methyl/N-ethyl adjacent to an activating group) is 1. The number of hydrogen-bond acceptors (Lipinski definition) is 11. The van der Waals surface area contributed by atoms with E-state index in [9.17, 15) is 14.4 Å². The van der Waals surface area contributed by atoms with Gasteiger partial charge in [-0.1, -0.05) is 35.7 Å². The minimum Gasteiger partial charge on any atom is -0.358 e. The van der Waals surface area contributed by atoms with Crippen LogP contribution in [-0.2, 0) is 11.2 Å². The number of imidazole rings is 1. The lowest BCUT2D eigenvalue weighted by atomic mass is 10.0. The van der Waals surface area contributed by atoms with Crippen LogP contribution in [-0.4, -0.2) is 86.6 Å². The van der Waals surface area contributed by atoms with Crippen LogP contribution in [0, 0.1) is 34.4 Å². The Morgan fingerprint density at radius 2 is 1.93 bits per heavy atom. The van der Waals surface area contributed by atoms with Crippen LogP contribution in [0.1, 0.15) is 41.3 Å². The molecule has 2 atom stereocenters. The third-order valence-electron chi connectivity index (χ3n) is 8.87. The van der Waals surface area contributed by atoms with Crippen LogP contribution in [0.15, 0.2) is 36.0 Å². The number of halogens is 1. The third kappa shape index (κ3) is 5.03. The first kappa shape index (κ1) is 29.3. The number of carbonyl (C=O) groups is 1. The number of anilines is 2. The van der Waals surface area contributed by atoms with E-state index < -0.39 is 0 Å². The van der Waals surface area contributed by atoms with Gasteiger partial charge in [0, 0.05) is 37.9 Å². The van der Waals surface area contributed by atoms with Crippen molar-refractivity contribution in [3.63, 3.8) is 0 Å². The molecule has 0 radical (unpaired) electrons. The highest BCUT2D eigenvalue weighted by atomic mass is 32.1. The number of rotatable bonds is 8. The van der Waals surface area contributed by atoms with E-state index in [0.717, 1.165) is 40.9 Å². The molecule has 4 aromatic rings. The van der Waals surface area contributed by atoms with Crippen molar-refractivity contribution in [3.8, 4) is 23.4 Å². The number of amides is 1. The highest BCUT2D eigenvalue weighted by Gasteiger charge is 2.43. The first-order chi connectivity index (χ1) is 21.8. The van der Waals surface area contributed by atoms with Gasteiger partial charge in [-0.3, -0.25) is 9.69 Å². The molecule has 1 amide bonds. The predicted molar refractivity (Wildman–Crippen MR) is 169 cm³/mol. The smallest absolute Gasteiger partial charge is 0.236 e. The van der Waals surface area contributed by atoms with Gasteiger partial charge >= 0.3 is 0 Å². The second-order valence-electron chi connectivity index (χ2n) is 11.6. The number of aromatic nitrogens is 4. The molecule has 2 saturated heterocycles. The van der Waals surface area contributed by atoms with Crippen molar-refractivity contribution >= 4 is 44.5 Å². The number of likely N-dealkylation sites (tertiary alicyclic amines) is 1. The van der Waals surface area contributed by atoms with Crippen LogP contribution in [0.4, 0.5) is 15.3 Å². The van der Waals surface area contributed by atoms with Gasteiger partial charge in [0.15, 0.2) is 10.9 Å². The Kier molecular flexibility index (Phi) is 7.52. The minimum absolute atomic E-state index is 0.0509. The summed E-state index contributed by atoms with van der Waals surface area (Å²) >= 11 is 2.86. The number of nitriles is 2. The van der Waals surface area contributed by atoms with E-state index in [1.165, 1.54) is 29.2 Å². The lowest BCUT2D eigenvalue weighted by Crippen LogP contribution is -2.54. The molecular formula is C31H31FN10OS2. The van der Waals surface area contributed by atoms with Gasteiger partial charge in [0.2, 0.25) is 10.9 Å². The maximum absolute atomic E-state index is 13.6. The number of aryl methyl sites for hydroxylation is 1. The average Bonchev–Trinajstić information content (AvgIpc) is 3.82. The summed E-state index contributed by atoms with van der Waals surface area (Å²) in [6.07, 6.45) is 4.84. The largest absolute Gasteiger partial charge is 0.358 e. The number of fused-ring (bicyclic) bond motifs is 2. The normalized spacial score (nSPS) is 19.5. The van der Waals surface area contributed by atoms with Gasteiger partial charge in [0.05, 0.1) is 36.3 Å². The highest BCUT2D eigenvalue weighted by molar-refractivity contribution is 7.17. The van der Waals surface area contributed by atoms with Crippen LogP contribution in [0.2, 0.25) is 0 Å². The molecule has 3 aromatic heterocycles. The van der Waals surface area contributed by atoms with Crippen LogP contribution < -0.4 is 4.90 Å². The van der Waals surface area contributed by atoms with Crippen molar-refractivity contribution < 1.29 is 9.18 Å². The maximum Gasteiger partial charge on any atom is 0.236 e. The molecule has 11 nitrogen and oxygen atoms in total. The van der Waals surface area contributed by atoms with E-state index in [2.05, 4.69) is 34.9 Å². The lowest BCUT2D eigenvalue weighted by molar-refractivity contribution is -0.138. The van der Waals surface area contributed by atoms with E-state index in [0.29, 0.717) is 47.3 Å². The van der Waals surface area contributed by atoms with Crippen molar-refractivity contribution in [1.82, 2.24) is 34.3 Å². The van der Waals surface area contributed by atoms with Crippen molar-refractivity contribution in [2.75, 3.05) is 45.2 Å². The number of hydrogen-bond donors (Lipinski definition) is 0. The summed E-state index contributed by atoms with van der Waals surface area (Å²) in [5, 5.41) is 25.6. The Hall–Kier alpha value is -4.37. The number of nitrogens with zero attached hydrogens (tertiary/aromatic N) is 10. The third-order valence-corrected chi connectivity index (χ3v) is 10.9. The van der Waals surface area contributed by atoms with Gasteiger partial charge in [0.1, 0.15) is 27.5 Å². The zero-order chi connectivity index (χ0) is 31.4. The summed E-state index contributed by atoms with van der Waals surface area (Å²) in [6, 6.07) is 10.5. The Morgan fingerprint density at radius 1 is 1.16 bits per heavy atom. The molecule has 1 aromatic carbocycles. The molecule has 1 unspecified atom stereocenters. The van der Waals surface area contributed by atoms with E-state index >= 15 is 0 Å². The molecular weight excluding hydrogens is 612 g/mol. The van der Waals surface area contributed by atoms with Gasteiger partial charge in [-0.05, 0) is 50.6 Å². The molecule has 230 valence electrons. The van der Waals surface area contributed by atoms with Crippen molar-refractivity contribution in [3.05, 3.63) is 57.4 Å². The molecule has 45 heavy (non-hydrogen) atoms. The van der Waals surface area contributed by atoms with Crippen molar-refractivity contribution in [2.45, 2.75) is 38.3 Å². The topological polar surface area (TPSA) is 121 Å². The molecule has 0 bridgehead atoms. The van der Waals surface area contributed by atoms with Crippen molar-refractivity contribution in [2.24, 2.45) is 5.92 Å². The van der Waals surface area contributed by atoms with E-state index in [4.69, 9.17) is 20.3 Å². The maximum atomic E-state index is 13.6. The van der Waals surface area contributed by atoms with E-state index in [-0.39, 0.29) is 29.7 Å². The zero-order valence-corrected chi connectivity index (χ0v) is 26.8. The average molecular weight is 643 g/mol. The minimum atomic E-state index is -0.343. The second kappa shape index (κ2) is 11.5. The van der Waals surface area contributed by atoms with Crippen LogP contribution in [0.5, 0.6) is 0 Å². The molecule has 6 heterocycles. The zero-order valence-electron chi connectivity index (χ0n) is 25.1. The summed E-state index contributed by atoms with van der Waals surface area (Å²) in [5.41, 5.74) is 3.34. The lowest BCUT2D eigenvalue weighted by Gasteiger charge is -2.38. The molecule has 14 heteroatoms. The fourth-order valence-corrected chi connectivity index (χ4v) is 8.37. The Labute approximate surface area is 268 Å². The molecule has 3 aliphatic heterocycles. The fourth-order valence-electron chi connectivity index (χ4n) is 6.48. The van der Waals surface area contributed by atoms with Gasteiger partial charge in [-0.25, -0.2) is 14.4 Å². The van der Waals surface area contributed by atoms with Gasteiger partial charge in [-0.15, -0.1) is 0 Å². The molecule has 0 aliphatic carbocycles. The van der Waals surface area contributed by atoms with Gasteiger partial charge < -0.3 is 14.7 Å². The number of thiazole rings is 1. The van der Waals surface area contributed by atoms with Crippen molar-refractivity contribution in [1.29, 1.82) is 10.5 Å². The molecule has 0 spiro atoms. The first-order valence-electron chi connectivity index (χ1n) is 14.9. The van der Waals surface area contributed by atoms with E-state index in [1.807, 2.05) is 23.5 Å². The monoisotopic (exact) mass is 642 g/mol. The predicted octanol–water partition coefficient (Wildman–Crippen LogP) is 4.57. The summed E-state index contributed by atoms with van der Waals surface area (Å²) in [4.78, 5) is 32.1. The fraction of sp³-hybridized carbons (Fsp3) is 0.419. The molecule has 0 saturated carbocycles. The number of benzene rings is 1. The van der Waals surface area contributed by atoms with Crippen LogP contribution in [0.25, 0.3) is 16.2 Å². The standard InChI is InChI=1S/C31H31FN10OS2/c1-4-22-29(39(3)30-36-27(24(14-34)44-30)19-7-9-20(32)10-8-19)42-31(35-22)45-28(37-42)21-12-25(41-11-5-6-23(21)41)38(2)17-26(43)40-15-18(13-33)16-40/h6-10,18,21,25H,4-5,11-12,15-17H2,1-3H3/t21-,25?/m0/s1. The second-order valence-corrected chi connectivity index (χ2v) is 13.6. The summed E-state index contributed by atoms with van der Waals surface area (Å²) in [5.74, 6) is 0.565. The van der Waals surface area contributed by atoms with Crippen LogP contribution in [0.3, 0.4) is 0 Å². The highest BCUT2D eigenvalue weighted by Crippen LogP contribution is 2.46. The van der Waals surface area contributed by atoms with Gasteiger partial charge in [0.25, 0.3) is 0 Å². The Bertz CT molecular complexity index is 1890. The summed E-state index contributed by atoms with van der Waals surface area (Å²) in [7, 11) is 3.91. The summed E-state index contributed by atoms with van der Waals surface area (Å²) in [6.45, 7) is 4.32. The molecule has 3 aliphatic rings. The SMILES string of the molecule is CCc1nc2sc([C@H]3CC(N(C)CC(=O)N4CC(C#N)C4)N4CCC=C34)nn2c1N(C)c1nc(-c2ccc(F)cc2)c(C#N)s1. The first-order valence-corrected chi connectivity index (χ1v) is 16.6.